The monoisotopic (exact) mass is 648 g/mol. The average Bonchev–Trinajstić information content (AvgIpc) is 3.01. The van der Waals surface area contributed by atoms with E-state index in [0.717, 1.165) is 0 Å². The molecule has 0 radical (unpaired) electrons. The van der Waals surface area contributed by atoms with Gasteiger partial charge in [0.2, 0.25) is 0 Å². The van der Waals surface area contributed by atoms with Gasteiger partial charge in [-0.25, -0.2) is 0 Å². The van der Waals surface area contributed by atoms with Gasteiger partial charge >= 0.3 is 0 Å². The van der Waals surface area contributed by atoms with E-state index in [1.807, 2.05) is 0 Å². The van der Waals surface area contributed by atoms with Gasteiger partial charge in [-0.1, -0.05) is 0 Å². The summed E-state index contributed by atoms with van der Waals surface area (Å²) in [6.07, 6.45) is -22.0. The van der Waals surface area contributed by atoms with Gasteiger partial charge in [-0.3, -0.25) is 0 Å². The van der Waals surface area contributed by atoms with Crippen molar-refractivity contribution in [2.24, 2.45) is 0 Å². The van der Waals surface area contributed by atoms with E-state index in [0.29, 0.717) is 32.1 Å². The third-order valence-electron chi connectivity index (χ3n) is 7.62. The second kappa shape index (κ2) is 18.6. The Balaban J connectivity index is 1.58. The number of unbranched alkanes of at least 4 members (excludes halogenated alkanes) is 3. The lowest BCUT2D eigenvalue weighted by Crippen LogP contribution is -2.64. The first kappa shape index (κ1) is 37.7. The Hall–Kier alpha value is -0.720. The molecule has 15 atom stereocenters. The van der Waals surface area contributed by atoms with Gasteiger partial charge in [0, 0.05) is 26.4 Å². The van der Waals surface area contributed by atoms with E-state index < -0.39 is 98.9 Å². The fourth-order valence-electron chi connectivity index (χ4n) is 4.85. The molecule has 0 bridgehead atoms. The second-order valence-electron chi connectivity index (χ2n) is 11.0. The molecule has 3 aliphatic heterocycles. The van der Waals surface area contributed by atoms with Crippen molar-refractivity contribution in [2.75, 3.05) is 39.6 Å². The van der Waals surface area contributed by atoms with Crippen LogP contribution in [0.25, 0.3) is 0 Å². The van der Waals surface area contributed by atoms with Crippen LogP contribution >= 0.6 is 0 Å². The first-order valence-electron chi connectivity index (χ1n) is 14.8. The first-order chi connectivity index (χ1) is 21.0. The second-order valence-corrected chi connectivity index (χ2v) is 11.0. The van der Waals surface area contributed by atoms with Crippen molar-refractivity contribution in [1.29, 1.82) is 0 Å². The third-order valence-corrected chi connectivity index (χ3v) is 7.62. The number of rotatable bonds is 17. The highest BCUT2D eigenvalue weighted by atomic mass is 16.8. The number of hydrogen-bond donors (Lipinski definition) is 11. The van der Waals surface area contributed by atoms with Crippen molar-refractivity contribution in [3.8, 4) is 0 Å². The van der Waals surface area contributed by atoms with Crippen molar-refractivity contribution in [1.82, 2.24) is 0 Å². The molecule has 3 heterocycles. The highest BCUT2D eigenvalue weighted by molar-refractivity contribution is 4.92. The summed E-state index contributed by atoms with van der Waals surface area (Å²) in [5, 5.41) is 111. The van der Waals surface area contributed by atoms with Gasteiger partial charge in [-0.15, -0.1) is 0 Å². The Morgan fingerprint density at radius 2 is 0.864 bits per heavy atom. The molecule has 3 fully saturated rings. The molecule has 0 saturated carbocycles. The summed E-state index contributed by atoms with van der Waals surface area (Å²) < 4.78 is 38.4. The lowest BCUT2D eigenvalue weighted by molar-refractivity contribution is -0.402. The standard InChI is InChI=1S/C26H48O18/c27-6-2-1-4-9-39-23-19(34)16(31)15(30)13(41-23)11-40-24-20(35)18(33)22(37)26(43-24)44-25-21(36)17(32)14(29)12(42-25)10-38-8-5-3-7-28/h12-37H,1-11H2. The minimum absolute atomic E-state index is 0.0150. The molecule has 0 aromatic heterocycles. The van der Waals surface area contributed by atoms with E-state index >= 15 is 0 Å². The summed E-state index contributed by atoms with van der Waals surface area (Å²) in [7, 11) is 0. The fourth-order valence-corrected chi connectivity index (χ4v) is 4.85. The Labute approximate surface area is 253 Å². The molecule has 15 unspecified atom stereocenters. The van der Waals surface area contributed by atoms with Crippen LogP contribution in [0.15, 0.2) is 0 Å². The molecule has 3 saturated heterocycles. The largest absolute Gasteiger partial charge is 0.396 e. The van der Waals surface area contributed by atoms with Crippen molar-refractivity contribution < 1.29 is 89.3 Å². The highest BCUT2D eigenvalue weighted by Crippen LogP contribution is 2.30. The molecule has 0 aromatic carbocycles. The van der Waals surface area contributed by atoms with Crippen LogP contribution in [0.3, 0.4) is 0 Å². The molecule has 44 heavy (non-hydrogen) atoms. The van der Waals surface area contributed by atoms with Crippen molar-refractivity contribution in [3.63, 3.8) is 0 Å². The van der Waals surface area contributed by atoms with Gasteiger partial charge in [-0.05, 0) is 32.1 Å². The molecule has 0 amide bonds. The summed E-state index contributed by atoms with van der Waals surface area (Å²) >= 11 is 0. The molecule has 11 N–H and O–H groups in total. The molecular weight excluding hydrogens is 600 g/mol. The molecule has 0 aromatic rings. The molecule has 260 valence electrons. The maximum absolute atomic E-state index is 10.5. The van der Waals surface area contributed by atoms with Crippen LogP contribution in [-0.2, 0) is 33.2 Å². The highest BCUT2D eigenvalue weighted by Gasteiger charge is 2.51. The quantitative estimate of drug-likeness (QED) is 0.0655. The maximum Gasteiger partial charge on any atom is 0.192 e. The van der Waals surface area contributed by atoms with Gasteiger partial charge in [0.15, 0.2) is 25.2 Å². The van der Waals surface area contributed by atoms with Gasteiger partial charge in [0.25, 0.3) is 0 Å². The average molecular weight is 649 g/mol. The van der Waals surface area contributed by atoms with Gasteiger partial charge < -0.3 is 89.3 Å². The summed E-state index contributed by atoms with van der Waals surface area (Å²) in [6.45, 7) is -0.435. The lowest BCUT2D eigenvalue weighted by Gasteiger charge is -2.45. The maximum atomic E-state index is 10.5. The van der Waals surface area contributed by atoms with Crippen LogP contribution in [0.1, 0.15) is 32.1 Å². The Morgan fingerprint density at radius 3 is 1.48 bits per heavy atom. The molecule has 18 heteroatoms. The first-order valence-corrected chi connectivity index (χ1v) is 14.8. The normalized spacial score (nSPS) is 43.3. The Morgan fingerprint density at radius 1 is 0.409 bits per heavy atom. The van der Waals surface area contributed by atoms with E-state index in [9.17, 15) is 46.0 Å². The summed E-state index contributed by atoms with van der Waals surface area (Å²) in [5.74, 6) is 0. The zero-order valence-electron chi connectivity index (χ0n) is 24.2. The minimum Gasteiger partial charge on any atom is -0.396 e. The molecule has 0 aliphatic carbocycles. The van der Waals surface area contributed by atoms with Crippen LogP contribution < -0.4 is 0 Å². The summed E-state index contributed by atoms with van der Waals surface area (Å²) in [6, 6.07) is 0. The van der Waals surface area contributed by atoms with Gasteiger partial charge in [-0.2, -0.15) is 0 Å². The Bertz CT molecular complexity index is 794. The zero-order chi connectivity index (χ0) is 32.4. The Kier molecular flexibility index (Phi) is 15.9. The topological polar surface area (TPSA) is 287 Å². The van der Waals surface area contributed by atoms with E-state index in [-0.39, 0.29) is 33.0 Å². The van der Waals surface area contributed by atoms with E-state index in [2.05, 4.69) is 0 Å². The van der Waals surface area contributed by atoms with Crippen LogP contribution in [0.4, 0.5) is 0 Å². The molecule has 3 rings (SSSR count). The van der Waals surface area contributed by atoms with Crippen LogP contribution in [-0.4, -0.2) is 188 Å². The van der Waals surface area contributed by atoms with Gasteiger partial charge in [0.1, 0.15) is 67.1 Å². The molecule has 0 spiro atoms. The van der Waals surface area contributed by atoms with Crippen LogP contribution in [0, 0.1) is 0 Å². The van der Waals surface area contributed by atoms with Crippen molar-refractivity contribution in [2.45, 2.75) is 124 Å². The number of aliphatic hydroxyl groups is 11. The van der Waals surface area contributed by atoms with E-state index in [1.165, 1.54) is 0 Å². The van der Waals surface area contributed by atoms with Crippen molar-refractivity contribution >= 4 is 0 Å². The smallest absolute Gasteiger partial charge is 0.192 e. The molecule has 3 aliphatic rings. The summed E-state index contributed by atoms with van der Waals surface area (Å²) in [4.78, 5) is 0. The van der Waals surface area contributed by atoms with Crippen LogP contribution in [0.2, 0.25) is 0 Å². The zero-order valence-corrected chi connectivity index (χ0v) is 24.2. The molecular formula is C26H48O18. The number of ether oxygens (including phenoxy) is 7. The van der Waals surface area contributed by atoms with Crippen molar-refractivity contribution in [3.05, 3.63) is 0 Å². The SMILES string of the molecule is OCCCCCOC1OC(COC2OC(OC3OC(COCCCCO)C(O)C(O)C3O)C(O)C(O)C2O)C(O)C(O)C1O. The van der Waals surface area contributed by atoms with Gasteiger partial charge in [0.05, 0.1) is 13.2 Å². The predicted octanol–water partition coefficient (Wildman–Crippen LogP) is -5.63. The third kappa shape index (κ3) is 9.89. The van der Waals surface area contributed by atoms with E-state index in [1.54, 1.807) is 0 Å². The number of hydrogen-bond acceptors (Lipinski definition) is 18. The van der Waals surface area contributed by atoms with E-state index in [4.69, 9.17) is 43.4 Å². The minimum atomic E-state index is -1.90. The lowest BCUT2D eigenvalue weighted by atomic mass is 9.99. The molecule has 18 nitrogen and oxygen atoms in total. The fraction of sp³-hybridized carbons (Fsp3) is 1.00. The summed E-state index contributed by atoms with van der Waals surface area (Å²) in [5.41, 5.74) is 0. The van der Waals surface area contributed by atoms with Crippen LogP contribution in [0.5, 0.6) is 0 Å². The number of aliphatic hydroxyl groups excluding tert-OH is 11. The predicted molar refractivity (Wildman–Crippen MR) is 141 cm³/mol.